The van der Waals surface area contributed by atoms with Gasteiger partial charge in [-0.3, -0.25) is 4.79 Å². The van der Waals surface area contributed by atoms with E-state index < -0.39 is 0 Å². The molecular weight excluding hydrogens is 248 g/mol. The fraction of sp³-hybridized carbons (Fsp3) is 0.750. The third-order valence-corrected chi connectivity index (χ3v) is 4.03. The first-order chi connectivity index (χ1) is 8.74. The van der Waals surface area contributed by atoms with Crippen molar-refractivity contribution in [2.45, 2.75) is 39.7 Å². The van der Waals surface area contributed by atoms with Crippen LogP contribution in [0.4, 0.5) is 5.00 Å². The lowest BCUT2D eigenvalue weighted by Crippen LogP contribution is -2.25. The van der Waals surface area contributed by atoms with Gasteiger partial charge in [-0.15, -0.1) is 5.10 Å². The Balaban J connectivity index is 1.97. The van der Waals surface area contributed by atoms with Crippen molar-refractivity contribution in [3.8, 4) is 0 Å². The van der Waals surface area contributed by atoms with Crippen LogP contribution in [0.2, 0.25) is 0 Å². The summed E-state index contributed by atoms with van der Waals surface area (Å²) >= 11 is 1.37. The van der Waals surface area contributed by atoms with E-state index in [1.54, 1.807) is 0 Å². The molecule has 5 nitrogen and oxygen atoms in total. The second-order valence-corrected chi connectivity index (χ2v) is 5.48. The van der Waals surface area contributed by atoms with Crippen LogP contribution in [0.15, 0.2) is 0 Å². The number of aromatic nitrogens is 2. The largest absolute Gasteiger partial charge is 0.374 e. The maximum atomic E-state index is 11.9. The average Bonchev–Trinajstić information content (AvgIpc) is 2.95. The molecule has 2 rings (SSSR count). The van der Waals surface area contributed by atoms with Gasteiger partial charge in [0.1, 0.15) is 10.7 Å². The van der Waals surface area contributed by atoms with Crippen LogP contribution >= 0.6 is 11.5 Å². The molecule has 1 atom stereocenters. The summed E-state index contributed by atoms with van der Waals surface area (Å²) in [4.78, 5) is 13.8. The number of anilines is 1. The normalized spacial score (nSPS) is 19.6. The molecule has 1 aliphatic heterocycles. The Kier molecular flexibility index (Phi) is 4.52. The minimum absolute atomic E-state index is 0.247. The number of likely N-dealkylation sites (tertiary alicyclic amines) is 1. The lowest BCUT2D eigenvalue weighted by atomic mass is 10.1. The number of rotatable bonds is 6. The zero-order valence-corrected chi connectivity index (χ0v) is 11.8. The van der Waals surface area contributed by atoms with Crippen LogP contribution < -0.4 is 5.32 Å². The molecule has 0 aliphatic carbocycles. The Morgan fingerprint density at radius 2 is 2.33 bits per heavy atom. The van der Waals surface area contributed by atoms with E-state index in [1.807, 2.05) is 4.90 Å². The van der Waals surface area contributed by atoms with E-state index in [4.69, 9.17) is 0 Å². The second kappa shape index (κ2) is 6.13. The van der Waals surface area contributed by atoms with Crippen molar-refractivity contribution in [1.82, 2.24) is 14.5 Å². The molecule has 1 aromatic heterocycles. The Morgan fingerprint density at radius 1 is 1.50 bits per heavy atom. The molecule has 1 aliphatic rings. The Labute approximate surface area is 112 Å². The Bertz CT molecular complexity index is 407. The Morgan fingerprint density at radius 3 is 3.00 bits per heavy atom. The van der Waals surface area contributed by atoms with E-state index in [0.717, 1.165) is 36.6 Å². The van der Waals surface area contributed by atoms with E-state index >= 15 is 0 Å². The molecule has 2 heterocycles. The van der Waals surface area contributed by atoms with Gasteiger partial charge in [0.15, 0.2) is 0 Å². The molecule has 1 fully saturated rings. The maximum Gasteiger partial charge on any atom is 0.223 e. The highest BCUT2D eigenvalue weighted by atomic mass is 32.1. The van der Waals surface area contributed by atoms with Crippen LogP contribution in [0.25, 0.3) is 0 Å². The number of carbonyl (C=O) groups is 1. The molecule has 6 heteroatoms. The van der Waals surface area contributed by atoms with Gasteiger partial charge in [0, 0.05) is 31.0 Å². The van der Waals surface area contributed by atoms with E-state index in [0.29, 0.717) is 18.9 Å². The molecule has 18 heavy (non-hydrogen) atoms. The fourth-order valence-electron chi connectivity index (χ4n) is 2.15. The highest BCUT2D eigenvalue weighted by Crippen LogP contribution is 2.25. The third-order valence-electron chi connectivity index (χ3n) is 3.30. The van der Waals surface area contributed by atoms with Gasteiger partial charge >= 0.3 is 0 Å². The lowest BCUT2D eigenvalue weighted by Gasteiger charge is -2.15. The van der Waals surface area contributed by atoms with Crippen LogP contribution in [-0.2, 0) is 11.3 Å². The van der Waals surface area contributed by atoms with Gasteiger partial charge in [0.25, 0.3) is 0 Å². The lowest BCUT2D eigenvalue weighted by molar-refractivity contribution is -0.128. The predicted molar refractivity (Wildman–Crippen MR) is 72.5 cm³/mol. The first-order valence-corrected chi connectivity index (χ1v) is 7.34. The van der Waals surface area contributed by atoms with Crippen molar-refractivity contribution < 1.29 is 4.79 Å². The molecular formula is C12H20N4OS. The van der Waals surface area contributed by atoms with E-state index in [1.165, 1.54) is 11.5 Å². The highest BCUT2D eigenvalue weighted by Gasteiger charge is 2.29. The predicted octanol–water partition coefficient (Wildman–Crippen LogP) is 2.12. The van der Waals surface area contributed by atoms with Gasteiger partial charge in [-0.1, -0.05) is 24.8 Å². The molecule has 1 N–H and O–H groups in total. The molecule has 1 saturated heterocycles. The van der Waals surface area contributed by atoms with Crippen molar-refractivity contribution >= 4 is 22.4 Å². The van der Waals surface area contributed by atoms with E-state index in [2.05, 4.69) is 28.8 Å². The molecule has 1 unspecified atom stereocenters. The quantitative estimate of drug-likeness (QED) is 0.858. The van der Waals surface area contributed by atoms with Crippen molar-refractivity contribution in [2.24, 2.45) is 5.92 Å². The first kappa shape index (κ1) is 13.3. The summed E-state index contributed by atoms with van der Waals surface area (Å²) in [7, 11) is 0. The highest BCUT2D eigenvalue weighted by molar-refractivity contribution is 7.10. The van der Waals surface area contributed by atoms with Crippen LogP contribution in [0.3, 0.4) is 0 Å². The summed E-state index contributed by atoms with van der Waals surface area (Å²) in [6.07, 6.45) is 2.82. The molecule has 1 amide bonds. The summed E-state index contributed by atoms with van der Waals surface area (Å²) < 4.78 is 3.97. The van der Waals surface area contributed by atoms with Crippen LogP contribution in [-0.4, -0.2) is 33.5 Å². The second-order valence-electron chi connectivity index (χ2n) is 4.73. The summed E-state index contributed by atoms with van der Waals surface area (Å²) in [5, 5.41) is 8.45. The van der Waals surface area contributed by atoms with Crippen LogP contribution in [0, 0.1) is 5.92 Å². The van der Waals surface area contributed by atoms with Gasteiger partial charge in [0.05, 0.1) is 6.54 Å². The number of hydrogen-bond acceptors (Lipinski definition) is 5. The van der Waals surface area contributed by atoms with Crippen LogP contribution in [0.1, 0.15) is 38.8 Å². The van der Waals surface area contributed by atoms with Gasteiger partial charge in [-0.2, -0.15) is 0 Å². The topological polar surface area (TPSA) is 58.1 Å². The van der Waals surface area contributed by atoms with Crippen LogP contribution in [0.5, 0.6) is 0 Å². The number of nitrogens with one attached hydrogen (secondary N) is 1. The summed E-state index contributed by atoms with van der Waals surface area (Å²) in [6, 6.07) is 0. The molecule has 0 aromatic carbocycles. The number of carbonyl (C=O) groups excluding carboxylic acids is 1. The minimum Gasteiger partial charge on any atom is -0.374 e. The standard InChI is InChI=1S/C12H20N4OS/c1-3-5-13-12-10(14-15-18-12)8-16-7-9(4-2)6-11(16)17/h9,13H,3-8H2,1-2H3. The maximum absolute atomic E-state index is 11.9. The van der Waals surface area contributed by atoms with Gasteiger partial charge < -0.3 is 10.2 Å². The van der Waals surface area contributed by atoms with Gasteiger partial charge in [-0.05, 0) is 12.3 Å². The molecule has 0 radical (unpaired) electrons. The first-order valence-electron chi connectivity index (χ1n) is 6.57. The number of nitrogens with zero attached hydrogens (tertiary/aromatic N) is 3. The van der Waals surface area contributed by atoms with E-state index in [-0.39, 0.29) is 5.91 Å². The van der Waals surface area contributed by atoms with Crippen molar-refractivity contribution in [2.75, 3.05) is 18.4 Å². The summed E-state index contributed by atoms with van der Waals surface area (Å²) in [5.74, 6) is 0.757. The SMILES string of the molecule is CCCNc1snnc1CN1CC(CC)CC1=O. The van der Waals surface area contributed by atoms with Gasteiger partial charge in [-0.25, -0.2) is 0 Å². The van der Waals surface area contributed by atoms with Crippen molar-refractivity contribution in [1.29, 1.82) is 0 Å². The van der Waals surface area contributed by atoms with Crippen molar-refractivity contribution in [3.05, 3.63) is 5.69 Å². The molecule has 1 aromatic rings. The number of hydrogen-bond donors (Lipinski definition) is 1. The third kappa shape index (κ3) is 2.98. The minimum atomic E-state index is 0.247. The molecule has 0 saturated carbocycles. The summed E-state index contributed by atoms with van der Waals surface area (Å²) in [5.41, 5.74) is 0.901. The fourth-order valence-corrected chi connectivity index (χ4v) is 2.74. The Hall–Kier alpha value is -1.17. The molecule has 0 bridgehead atoms. The number of amides is 1. The summed E-state index contributed by atoms with van der Waals surface area (Å²) in [6.45, 7) is 6.64. The zero-order chi connectivity index (χ0) is 13.0. The van der Waals surface area contributed by atoms with Gasteiger partial charge in [0.2, 0.25) is 5.91 Å². The van der Waals surface area contributed by atoms with E-state index in [9.17, 15) is 4.79 Å². The molecule has 100 valence electrons. The zero-order valence-electron chi connectivity index (χ0n) is 11.0. The molecule has 0 spiro atoms. The monoisotopic (exact) mass is 268 g/mol. The average molecular weight is 268 g/mol. The smallest absolute Gasteiger partial charge is 0.223 e. The van der Waals surface area contributed by atoms with Crippen molar-refractivity contribution in [3.63, 3.8) is 0 Å².